The van der Waals surface area contributed by atoms with Crippen molar-refractivity contribution in [3.8, 4) is 5.75 Å². The summed E-state index contributed by atoms with van der Waals surface area (Å²) in [5.41, 5.74) is 1.76. The molecule has 154 valence electrons. The molecule has 6 nitrogen and oxygen atoms in total. The molecule has 0 aromatic heterocycles. The number of rotatable bonds is 5. The summed E-state index contributed by atoms with van der Waals surface area (Å²) in [6, 6.07) is 7.92. The predicted molar refractivity (Wildman–Crippen MR) is 135 cm³/mol. The molecule has 0 unspecified atom stereocenters. The first-order valence-corrected chi connectivity index (χ1v) is 11.6. The van der Waals surface area contributed by atoms with Gasteiger partial charge in [-0.05, 0) is 99.6 Å². The number of barbiturate groups is 1. The van der Waals surface area contributed by atoms with E-state index in [9.17, 15) is 14.4 Å². The molecule has 2 aromatic carbocycles. The van der Waals surface area contributed by atoms with Crippen LogP contribution in [0.5, 0.6) is 5.75 Å². The zero-order chi connectivity index (χ0) is 22.0. The van der Waals surface area contributed by atoms with Crippen LogP contribution < -0.4 is 15.0 Å². The van der Waals surface area contributed by atoms with Crippen molar-refractivity contribution >= 4 is 90.7 Å². The van der Waals surface area contributed by atoms with Crippen LogP contribution in [0.4, 0.5) is 10.5 Å². The van der Waals surface area contributed by atoms with Gasteiger partial charge >= 0.3 is 6.03 Å². The smallest absolute Gasteiger partial charge is 0.335 e. The van der Waals surface area contributed by atoms with Gasteiger partial charge in [0, 0.05) is 4.47 Å². The van der Waals surface area contributed by atoms with Crippen molar-refractivity contribution in [1.29, 1.82) is 0 Å². The van der Waals surface area contributed by atoms with Crippen LogP contribution in [0.1, 0.15) is 11.1 Å². The molecule has 1 saturated heterocycles. The van der Waals surface area contributed by atoms with E-state index in [1.54, 1.807) is 36.4 Å². The first kappa shape index (κ1) is 22.9. The molecule has 1 fully saturated rings. The number of benzene rings is 2. The fourth-order valence-corrected chi connectivity index (χ4v) is 5.14. The molecule has 30 heavy (non-hydrogen) atoms. The van der Waals surface area contributed by atoms with Gasteiger partial charge in [0.2, 0.25) is 0 Å². The molecule has 1 aliphatic rings. The SMILES string of the molecule is C=CCOc1c(I)cc(/C=C2\C(=O)NC(=O)N(c3ccc(Br)c(C)c3)C2=O)cc1I. The van der Waals surface area contributed by atoms with Crippen LogP contribution in [0.2, 0.25) is 0 Å². The Morgan fingerprint density at radius 1 is 1.17 bits per heavy atom. The van der Waals surface area contributed by atoms with Gasteiger partial charge in [-0.1, -0.05) is 28.6 Å². The van der Waals surface area contributed by atoms with E-state index in [1.165, 1.54) is 6.08 Å². The number of carbonyl (C=O) groups excluding carboxylic acids is 3. The number of carbonyl (C=O) groups is 3. The second-order valence-corrected chi connectivity index (χ2v) is 9.48. The molecule has 1 N–H and O–H groups in total. The van der Waals surface area contributed by atoms with E-state index in [1.807, 2.05) is 6.92 Å². The fourth-order valence-electron chi connectivity index (χ4n) is 2.77. The monoisotopic (exact) mass is 692 g/mol. The number of amides is 4. The van der Waals surface area contributed by atoms with Crippen LogP contribution in [0.25, 0.3) is 6.08 Å². The third-order valence-electron chi connectivity index (χ3n) is 4.18. The Balaban J connectivity index is 2.00. The lowest BCUT2D eigenvalue weighted by atomic mass is 10.1. The maximum Gasteiger partial charge on any atom is 0.335 e. The summed E-state index contributed by atoms with van der Waals surface area (Å²) < 4.78 is 8.16. The van der Waals surface area contributed by atoms with E-state index in [0.717, 1.165) is 22.1 Å². The molecule has 0 atom stereocenters. The summed E-state index contributed by atoms with van der Waals surface area (Å²) >= 11 is 7.66. The van der Waals surface area contributed by atoms with E-state index in [-0.39, 0.29) is 5.57 Å². The Hall–Kier alpha value is -1.73. The fraction of sp³-hybridized carbons (Fsp3) is 0.0952. The highest BCUT2D eigenvalue weighted by atomic mass is 127. The van der Waals surface area contributed by atoms with Gasteiger partial charge in [0.25, 0.3) is 11.8 Å². The van der Waals surface area contributed by atoms with Gasteiger partial charge in [0.1, 0.15) is 17.9 Å². The molecule has 0 aliphatic carbocycles. The van der Waals surface area contributed by atoms with Crippen LogP contribution in [-0.2, 0) is 9.59 Å². The van der Waals surface area contributed by atoms with Crippen molar-refractivity contribution in [3.63, 3.8) is 0 Å². The summed E-state index contributed by atoms with van der Waals surface area (Å²) in [4.78, 5) is 38.8. The minimum atomic E-state index is -0.777. The number of anilines is 1. The van der Waals surface area contributed by atoms with Crippen LogP contribution in [0.3, 0.4) is 0 Å². The van der Waals surface area contributed by atoms with Crippen LogP contribution >= 0.6 is 61.1 Å². The summed E-state index contributed by atoms with van der Waals surface area (Å²) in [5.74, 6) is -0.700. The summed E-state index contributed by atoms with van der Waals surface area (Å²) in [7, 11) is 0. The van der Waals surface area contributed by atoms with Crippen molar-refractivity contribution in [2.45, 2.75) is 6.92 Å². The van der Waals surface area contributed by atoms with Crippen molar-refractivity contribution < 1.29 is 19.1 Å². The van der Waals surface area contributed by atoms with Gasteiger partial charge in [0.05, 0.1) is 12.8 Å². The Morgan fingerprint density at radius 3 is 2.43 bits per heavy atom. The van der Waals surface area contributed by atoms with Gasteiger partial charge < -0.3 is 4.74 Å². The number of nitrogens with one attached hydrogen (secondary N) is 1. The first-order valence-electron chi connectivity index (χ1n) is 8.63. The lowest BCUT2D eigenvalue weighted by Crippen LogP contribution is -2.54. The van der Waals surface area contributed by atoms with Crippen LogP contribution in [-0.4, -0.2) is 24.5 Å². The third-order valence-corrected chi connectivity index (χ3v) is 6.67. The Morgan fingerprint density at radius 2 is 1.83 bits per heavy atom. The minimum absolute atomic E-state index is 0.124. The highest BCUT2D eigenvalue weighted by molar-refractivity contribution is 14.1. The van der Waals surface area contributed by atoms with Crippen molar-refractivity contribution in [1.82, 2.24) is 5.32 Å². The van der Waals surface area contributed by atoms with Crippen LogP contribution in [0.15, 0.2) is 53.0 Å². The Bertz CT molecular complexity index is 1090. The zero-order valence-corrected chi connectivity index (χ0v) is 21.6. The lowest BCUT2D eigenvalue weighted by Gasteiger charge is -2.26. The number of ether oxygens (including phenoxy) is 1. The summed E-state index contributed by atoms with van der Waals surface area (Å²) in [6.45, 7) is 5.86. The number of hydrogen-bond donors (Lipinski definition) is 1. The standard InChI is InChI=1S/C21H15BrI2N2O4/c1-3-6-30-18-16(23)9-12(10-17(18)24)8-14-19(27)25-21(29)26(20(14)28)13-4-5-15(22)11(2)7-13/h3-5,7-10H,1,6H2,2H3,(H,25,27,29)/b14-8+. The van der Waals surface area contributed by atoms with E-state index in [0.29, 0.717) is 23.6 Å². The largest absolute Gasteiger partial charge is 0.487 e. The normalized spacial score (nSPS) is 15.4. The topological polar surface area (TPSA) is 75.7 Å². The number of halogens is 3. The first-order chi connectivity index (χ1) is 14.2. The number of hydrogen-bond acceptors (Lipinski definition) is 4. The second kappa shape index (κ2) is 9.60. The van der Waals surface area contributed by atoms with Gasteiger partial charge in [-0.3, -0.25) is 14.9 Å². The number of aryl methyl sites for hydroxylation is 1. The number of urea groups is 1. The third kappa shape index (κ3) is 4.78. The summed E-state index contributed by atoms with van der Waals surface area (Å²) in [5, 5.41) is 2.24. The molecule has 0 bridgehead atoms. The molecule has 4 amide bonds. The summed E-state index contributed by atoms with van der Waals surface area (Å²) in [6.07, 6.45) is 3.13. The number of nitrogens with zero attached hydrogens (tertiary/aromatic N) is 1. The average molecular weight is 693 g/mol. The van der Waals surface area contributed by atoms with Crippen molar-refractivity contribution in [2.24, 2.45) is 0 Å². The molecular formula is C21H15BrI2N2O4. The van der Waals surface area contributed by atoms with Gasteiger partial charge in [-0.15, -0.1) is 0 Å². The quantitative estimate of drug-likeness (QED) is 0.203. The van der Waals surface area contributed by atoms with Gasteiger partial charge in [-0.25, -0.2) is 9.69 Å². The average Bonchev–Trinajstić information content (AvgIpc) is 2.67. The molecular weight excluding hydrogens is 678 g/mol. The molecule has 3 rings (SSSR count). The highest BCUT2D eigenvalue weighted by Crippen LogP contribution is 2.31. The molecule has 2 aromatic rings. The lowest BCUT2D eigenvalue weighted by molar-refractivity contribution is -0.122. The number of imide groups is 2. The Labute approximate surface area is 209 Å². The van der Waals surface area contributed by atoms with Crippen molar-refractivity contribution in [2.75, 3.05) is 11.5 Å². The maximum absolute atomic E-state index is 13.1. The molecule has 0 radical (unpaired) electrons. The maximum atomic E-state index is 13.1. The molecule has 0 saturated carbocycles. The van der Waals surface area contributed by atoms with E-state index in [4.69, 9.17) is 4.74 Å². The van der Waals surface area contributed by atoms with E-state index >= 15 is 0 Å². The molecule has 1 aliphatic heterocycles. The highest BCUT2D eigenvalue weighted by Gasteiger charge is 2.37. The molecule has 9 heteroatoms. The van der Waals surface area contributed by atoms with Gasteiger partial charge in [0.15, 0.2) is 0 Å². The Kier molecular flexibility index (Phi) is 7.34. The van der Waals surface area contributed by atoms with Crippen LogP contribution in [0, 0.1) is 14.1 Å². The zero-order valence-electron chi connectivity index (χ0n) is 15.7. The predicted octanol–water partition coefficient (Wildman–Crippen LogP) is 5.20. The van der Waals surface area contributed by atoms with E-state index < -0.39 is 17.8 Å². The molecule has 0 spiro atoms. The van der Waals surface area contributed by atoms with Crippen molar-refractivity contribution in [3.05, 3.63) is 71.3 Å². The van der Waals surface area contributed by atoms with E-state index in [2.05, 4.69) is 73.0 Å². The second-order valence-electron chi connectivity index (χ2n) is 6.30. The van der Waals surface area contributed by atoms with Gasteiger partial charge in [-0.2, -0.15) is 0 Å². The molecule has 1 heterocycles. The minimum Gasteiger partial charge on any atom is -0.487 e.